The van der Waals surface area contributed by atoms with Gasteiger partial charge in [-0.3, -0.25) is 0 Å². The molecule has 0 amide bonds. The van der Waals surface area contributed by atoms with Gasteiger partial charge in [0.05, 0.1) is 0 Å². The molecule has 0 radical (unpaired) electrons. The molecular formula is C5H6O2. The van der Waals surface area contributed by atoms with E-state index in [4.69, 9.17) is 10.2 Å². The summed E-state index contributed by atoms with van der Waals surface area (Å²) < 4.78 is 0. The van der Waals surface area contributed by atoms with E-state index in [0.717, 1.165) is 0 Å². The second-order valence-corrected chi connectivity index (χ2v) is 1.44. The van der Waals surface area contributed by atoms with Gasteiger partial charge in [0.1, 0.15) is 5.76 Å². The molecule has 0 aromatic rings. The minimum atomic E-state index is 0.000000000000000444. The minimum Gasteiger partial charge on any atom is -0.508 e. The van der Waals surface area contributed by atoms with Crippen molar-refractivity contribution in [2.24, 2.45) is 0 Å². The molecule has 1 aliphatic carbocycles. The van der Waals surface area contributed by atoms with E-state index in [2.05, 4.69) is 0 Å². The molecule has 2 N–H and O–H groups in total. The monoisotopic (exact) mass is 98.0 g/mol. The Balaban J connectivity index is 2.79. The van der Waals surface area contributed by atoms with Gasteiger partial charge < -0.3 is 10.2 Å². The molecule has 0 saturated carbocycles. The van der Waals surface area contributed by atoms with Crippen LogP contribution in [-0.2, 0) is 0 Å². The molecule has 1 rings (SSSR count). The van der Waals surface area contributed by atoms with Crippen LogP contribution in [0, 0.1) is 0 Å². The number of aliphatic hydroxyl groups excluding tert-OH is 2. The Labute approximate surface area is 41.4 Å². The van der Waals surface area contributed by atoms with Crippen molar-refractivity contribution in [2.75, 3.05) is 0 Å². The zero-order valence-corrected chi connectivity index (χ0v) is 3.76. The van der Waals surface area contributed by atoms with Gasteiger partial charge >= 0.3 is 0 Å². The molecule has 0 aliphatic heterocycles. The maximum Gasteiger partial charge on any atom is 0.152 e. The summed E-state index contributed by atoms with van der Waals surface area (Å²) >= 11 is 0. The zero-order chi connectivity index (χ0) is 5.28. The highest BCUT2D eigenvalue weighted by atomic mass is 16.3. The number of aliphatic hydroxyl groups is 2. The van der Waals surface area contributed by atoms with Crippen molar-refractivity contribution in [2.45, 2.75) is 6.42 Å². The lowest BCUT2D eigenvalue weighted by Gasteiger charge is -1.86. The fourth-order valence-corrected chi connectivity index (χ4v) is 0.483. The number of allylic oxidation sites excluding steroid dienone is 2. The third-order valence-corrected chi connectivity index (χ3v) is 0.883. The van der Waals surface area contributed by atoms with E-state index in [1.54, 1.807) is 6.08 Å². The largest absolute Gasteiger partial charge is 0.508 e. The predicted molar refractivity (Wildman–Crippen MR) is 26.0 cm³/mol. The van der Waals surface area contributed by atoms with Gasteiger partial charge in [-0.15, -0.1) is 0 Å². The lowest BCUT2D eigenvalue weighted by Crippen LogP contribution is -1.76. The third-order valence-electron chi connectivity index (χ3n) is 0.883. The molecule has 0 saturated heterocycles. The molecule has 0 aromatic heterocycles. The highest BCUT2D eigenvalue weighted by Gasteiger charge is 2.02. The summed E-state index contributed by atoms with van der Waals surface area (Å²) in [6.07, 6.45) is 3.66. The molecule has 0 heterocycles. The van der Waals surface area contributed by atoms with E-state index in [0.29, 0.717) is 6.42 Å². The van der Waals surface area contributed by atoms with Crippen LogP contribution in [0.5, 0.6) is 0 Å². The fourth-order valence-electron chi connectivity index (χ4n) is 0.483. The Morgan fingerprint density at radius 3 is 2.29 bits per heavy atom. The molecule has 0 atom stereocenters. The highest BCUT2D eigenvalue weighted by Crippen LogP contribution is 2.11. The van der Waals surface area contributed by atoms with E-state index in [1.807, 2.05) is 0 Å². The third kappa shape index (κ3) is 0.585. The van der Waals surface area contributed by atoms with Crippen LogP contribution in [0.3, 0.4) is 0 Å². The second-order valence-electron chi connectivity index (χ2n) is 1.44. The maximum absolute atomic E-state index is 8.56. The fraction of sp³-hybridized carbons (Fsp3) is 0.200. The van der Waals surface area contributed by atoms with Crippen LogP contribution in [0.15, 0.2) is 23.7 Å². The molecule has 7 heavy (non-hydrogen) atoms. The summed E-state index contributed by atoms with van der Waals surface area (Å²) in [5.41, 5.74) is 0. The first-order chi connectivity index (χ1) is 3.30. The Bertz CT molecular complexity index is 133. The van der Waals surface area contributed by atoms with Gasteiger partial charge in [-0.25, -0.2) is 0 Å². The van der Waals surface area contributed by atoms with Crippen molar-refractivity contribution >= 4 is 0 Å². The number of hydrogen-bond donors (Lipinski definition) is 2. The Kier molecular flexibility index (Phi) is 0.785. The molecule has 0 bridgehead atoms. The molecule has 0 fully saturated rings. The topological polar surface area (TPSA) is 40.5 Å². The average Bonchev–Trinajstić information content (AvgIpc) is 1.91. The van der Waals surface area contributed by atoms with Crippen molar-refractivity contribution in [1.82, 2.24) is 0 Å². The van der Waals surface area contributed by atoms with Crippen LogP contribution in [-0.4, -0.2) is 10.2 Å². The summed E-state index contributed by atoms with van der Waals surface area (Å²) in [6, 6.07) is 0. The van der Waals surface area contributed by atoms with Crippen molar-refractivity contribution in [3.8, 4) is 0 Å². The van der Waals surface area contributed by atoms with E-state index in [9.17, 15) is 0 Å². The van der Waals surface area contributed by atoms with Gasteiger partial charge in [0.2, 0.25) is 0 Å². The van der Waals surface area contributed by atoms with Crippen LogP contribution in [0.25, 0.3) is 0 Å². The predicted octanol–water partition coefficient (Wildman–Crippen LogP) is 1.27. The summed E-state index contributed by atoms with van der Waals surface area (Å²) in [6.45, 7) is 0. The van der Waals surface area contributed by atoms with E-state index in [-0.39, 0.29) is 11.5 Å². The van der Waals surface area contributed by atoms with Crippen LogP contribution < -0.4 is 0 Å². The summed E-state index contributed by atoms with van der Waals surface area (Å²) in [7, 11) is 0. The highest BCUT2D eigenvalue weighted by molar-refractivity contribution is 5.23. The van der Waals surface area contributed by atoms with Crippen molar-refractivity contribution in [3.63, 3.8) is 0 Å². The first-order valence-corrected chi connectivity index (χ1v) is 2.08. The van der Waals surface area contributed by atoms with E-state index < -0.39 is 0 Å². The van der Waals surface area contributed by atoms with Gasteiger partial charge in [0.15, 0.2) is 5.76 Å². The van der Waals surface area contributed by atoms with E-state index in [1.165, 1.54) is 6.08 Å². The summed E-state index contributed by atoms with van der Waals surface area (Å²) in [5, 5.41) is 17.1. The lowest BCUT2D eigenvalue weighted by molar-refractivity contribution is 0.338. The quantitative estimate of drug-likeness (QED) is 0.479. The van der Waals surface area contributed by atoms with Crippen LogP contribution >= 0.6 is 0 Å². The molecular weight excluding hydrogens is 92.1 g/mol. The normalized spacial score (nSPS) is 18.9. The van der Waals surface area contributed by atoms with Crippen LogP contribution in [0.4, 0.5) is 0 Å². The Morgan fingerprint density at radius 2 is 2.14 bits per heavy atom. The molecule has 2 heteroatoms. The molecule has 2 nitrogen and oxygen atoms in total. The lowest BCUT2D eigenvalue weighted by atomic mass is 10.4. The van der Waals surface area contributed by atoms with Crippen molar-refractivity contribution in [3.05, 3.63) is 23.7 Å². The second kappa shape index (κ2) is 1.30. The number of hydrogen-bond acceptors (Lipinski definition) is 2. The molecule has 1 aliphatic rings. The molecule has 0 unspecified atom stereocenters. The van der Waals surface area contributed by atoms with Gasteiger partial charge in [0, 0.05) is 6.42 Å². The summed E-state index contributed by atoms with van der Waals surface area (Å²) in [5.74, 6) is 0.0694. The van der Waals surface area contributed by atoms with Gasteiger partial charge in [-0.05, 0) is 6.08 Å². The standard InChI is InChI=1S/C5H6O2/c6-4-2-1-3-5(4)7/h1-2,6-7H,3H2. The average molecular weight is 98.1 g/mol. The van der Waals surface area contributed by atoms with E-state index >= 15 is 0 Å². The minimum absolute atomic E-state index is 0.000000000000000444. The first-order valence-electron chi connectivity index (χ1n) is 2.08. The van der Waals surface area contributed by atoms with Gasteiger partial charge in [0.25, 0.3) is 0 Å². The Hall–Kier alpha value is -0.920. The zero-order valence-electron chi connectivity index (χ0n) is 3.76. The SMILES string of the molecule is OC1=C(O)CC=C1. The Morgan fingerprint density at radius 1 is 1.43 bits per heavy atom. The van der Waals surface area contributed by atoms with Crippen LogP contribution in [0.1, 0.15) is 6.42 Å². The van der Waals surface area contributed by atoms with Crippen molar-refractivity contribution < 1.29 is 10.2 Å². The van der Waals surface area contributed by atoms with Gasteiger partial charge in [-0.1, -0.05) is 6.08 Å². The summed E-state index contributed by atoms with van der Waals surface area (Å²) in [4.78, 5) is 0. The van der Waals surface area contributed by atoms with Crippen molar-refractivity contribution in [1.29, 1.82) is 0 Å². The first kappa shape index (κ1) is 4.24. The maximum atomic E-state index is 8.56. The number of rotatable bonds is 0. The molecule has 38 valence electrons. The van der Waals surface area contributed by atoms with Gasteiger partial charge in [-0.2, -0.15) is 0 Å². The van der Waals surface area contributed by atoms with Crippen LogP contribution in [0.2, 0.25) is 0 Å². The molecule has 0 spiro atoms. The molecule has 0 aromatic carbocycles. The smallest absolute Gasteiger partial charge is 0.152 e.